The van der Waals surface area contributed by atoms with Gasteiger partial charge in [-0.25, -0.2) is 4.98 Å². The Morgan fingerprint density at radius 3 is 2.65 bits per heavy atom. The smallest absolute Gasteiger partial charge is 0.249 e. The van der Waals surface area contributed by atoms with Gasteiger partial charge in [0.05, 0.1) is 11.6 Å². The van der Waals surface area contributed by atoms with Gasteiger partial charge < -0.3 is 10.2 Å². The van der Waals surface area contributed by atoms with Crippen molar-refractivity contribution in [3.63, 3.8) is 0 Å². The highest BCUT2D eigenvalue weighted by molar-refractivity contribution is 6.03. The number of carbonyl (C=O) groups excluding carboxylic acids is 1. The van der Waals surface area contributed by atoms with Crippen LogP contribution in [0.4, 0.5) is 11.4 Å². The second-order valence-electron chi connectivity index (χ2n) is 7.09. The molecule has 26 heavy (non-hydrogen) atoms. The van der Waals surface area contributed by atoms with Crippen LogP contribution >= 0.6 is 0 Å². The fourth-order valence-corrected chi connectivity index (χ4v) is 3.99. The van der Waals surface area contributed by atoms with E-state index < -0.39 is 0 Å². The number of aromatic nitrogens is 3. The first-order valence-electron chi connectivity index (χ1n) is 8.88. The summed E-state index contributed by atoms with van der Waals surface area (Å²) in [6.45, 7) is 6.96. The second kappa shape index (κ2) is 6.12. The Bertz CT molecular complexity index is 984. The third-order valence-corrected chi connectivity index (χ3v) is 5.08. The fourth-order valence-electron chi connectivity index (χ4n) is 3.99. The number of benzene rings is 1. The third-order valence-electron chi connectivity index (χ3n) is 5.08. The van der Waals surface area contributed by atoms with Crippen molar-refractivity contribution in [3.8, 4) is 0 Å². The number of rotatable bonds is 3. The number of anilines is 2. The Morgan fingerprint density at radius 1 is 1.19 bits per heavy atom. The number of pyridine rings is 1. The van der Waals surface area contributed by atoms with E-state index in [9.17, 15) is 4.79 Å². The molecule has 1 saturated heterocycles. The van der Waals surface area contributed by atoms with Gasteiger partial charge in [0.25, 0.3) is 0 Å². The average molecular weight is 349 g/mol. The number of amides is 1. The van der Waals surface area contributed by atoms with E-state index in [4.69, 9.17) is 0 Å². The molecule has 3 aromatic rings. The minimum absolute atomic E-state index is 0.119. The molecule has 0 spiro atoms. The predicted molar refractivity (Wildman–Crippen MR) is 104 cm³/mol. The van der Waals surface area contributed by atoms with Crippen LogP contribution in [0.1, 0.15) is 23.1 Å². The van der Waals surface area contributed by atoms with Crippen LogP contribution < -0.4 is 10.2 Å². The molecule has 3 heterocycles. The summed E-state index contributed by atoms with van der Waals surface area (Å²) in [5, 5.41) is 8.61. The maximum absolute atomic E-state index is 13.1. The van der Waals surface area contributed by atoms with Gasteiger partial charge in [0.15, 0.2) is 5.65 Å². The maximum Gasteiger partial charge on any atom is 0.249 e. The fraction of sp³-hybridized carbons (Fsp3) is 0.350. The largest absolute Gasteiger partial charge is 0.373 e. The first-order valence-corrected chi connectivity index (χ1v) is 8.88. The molecule has 6 heteroatoms. The van der Waals surface area contributed by atoms with Crippen LogP contribution in [0.2, 0.25) is 0 Å². The van der Waals surface area contributed by atoms with Crippen LogP contribution in [0.5, 0.6) is 0 Å². The molecular formula is C20H23N5O. The topological polar surface area (TPSA) is 63.0 Å². The molecule has 2 aromatic heterocycles. The maximum atomic E-state index is 13.1. The van der Waals surface area contributed by atoms with Crippen LogP contribution in [-0.4, -0.2) is 33.3 Å². The van der Waals surface area contributed by atoms with E-state index in [-0.39, 0.29) is 11.9 Å². The average Bonchev–Trinajstić information content (AvgIpc) is 3.13. The number of nitrogens with one attached hydrogen (secondary N) is 1. The highest BCUT2D eigenvalue weighted by Crippen LogP contribution is 2.31. The number of hydrogen-bond acceptors (Lipinski definition) is 4. The molecular weight excluding hydrogens is 326 g/mol. The summed E-state index contributed by atoms with van der Waals surface area (Å²) < 4.78 is 1.74. The molecule has 1 atom stereocenters. The van der Waals surface area contributed by atoms with E-state index in [1.807, 2.05) is 18.0 Å². The number of carbonyl (C=O) groups is 1. The highest BCUT2D eigenvalue weighted by Gasteiger charge is 2.34. The van der Waals surface area contributed by atoms with Gasteiger partial charge in [-0.15, -0.1) is 0 Å². The number of aryl methyl sites for hydroxylation is 4. The van der Waals surface area contributed by atoms with Gasteiger partial charge in [0, 0.05) is 31.2 Å². The molecule has 0 saturated carbocycles. The molecule has 1 amide bonds. The molecule has 1 aromatic carbocycles. The third kappa shape index (κ3) is 2.62. The van der Waals surface area contributed by atoms with Crippen LogP contribution in [0.15, 0.2) is 30.6 Å². The lowest BCUT2D eigenvalue weighted by atomic mass is 10.0. The van der Waals surface area contributed by atoms with Gasteiger partial charge >= 0.3 is 0 Å². The van der Waals surface area contributed by atoms with Crippen LogP contribution in [-0.2, 0) is 11.8 Å². The first-order chi connectivity index (χ1) is 12.5. The Kier molecular flexibility index (Phi) is 3.90. The summed E-state index contributed by atoms with van der Waals surface area (Å²) in [6, 6.07) is 5.94. The molecule has 1 aliphatic heterocycles. The summed E-state index contributed by atoms with van der Waals surface area (Å²) >= 11 is 0. The van der Waals surface area contributed by atoms with Crippen molar-refractivity contribution in [1.29, 1.82) is 0 Å². The molecule has 1 fully saturated rings. The number of hydrogen-bond donors (Lipinski definition) is 1. The van der Waals surface area contributed by atoms with Crippen molar-refractivity contribution in [2.45, 2.75) is 33.2 Å². The van der Waals surface area contributed by atoms with Gasteiger partial charge in [0.2, 0.25) is 5.91 Å². The van der Waals surface area contributed by atoms with Gasteiger partial charge in [-0.1, -0.05) is 17.7 Å². The summed E-state index contributed by atoms with van der Waals surface area (Å²) in [6.07, 6.45) is 4.31. The minimum atomic E-state index is -0.235. The van der Waals surface area contributed by atoms with E-state index in [2.05, 4.69) is 48.3 Å². The van der Waals surface area contributed by atoms with E-state index in [1.165, 1.54) is 5.56 Å². The normalized spacial score (nSPS) is 17.3. The molecule has 0 aliphatic carbocycles. The van der Waals surface area contributed by atoms with Crippen molar-refractivity contribution in [1.82, 2.24) is 14.8 Å². The quantitative estimate of drug-likeness (QED) is 0.789. The van der Waals surface area contributed by atoms with E-state index in [1.54, 1.807) is 17.1 Å². The standard InChI is InChI=1S/C20H23N5O/c1-12-9-13(2)18(14(3)10-12)25-8-6-17(20(25)26)23-16-5-7-21-19-15(16)11-22-24(19)4/h5,7,9-11,17H,6,8H2,1-4H3,(H,21,23). The van der Waals surface area contributed by atoms with Crippen LogP contribution in [0.25, 0.3) is 11.0 Å². The second-order valence-corrected chi connectivity index (χ2v) is 7.09. The van der Waals surface area contributed by atoms with Crippen LogP contribution in [0, 0.1) is 20.8 Å². The van der Waals surface area contributed by atoms with E-state index >= 15 is 0 Å². The number of nitrogens with zero attached hydrogens (tertiary/aromatic N) is 4. The molecule has 1 unspecified atom stereocenters. The molecule has 0 radical (unpaired) electrons. The molecule has 134 valence electrons. The van der Waals surface area contributed by atoms with Gasteiger partial charge in [-0.2, -0.15) is 5.10 Å². The molecule has 1 aliphatic rings. The molecule has 4 rings (SSSR count). The molecule has 1 N–H and O–H groups in total. The zero-order valence-corrected chi connectivity index (χ0v) is 15.6. The predicted octanol–water partition coefficient (Wildman–Crippen LogP) is 3.11. The zero-order chi connectivity index (χ0) is 18.4. The summed E-state index contributed by atoms with van der Waals surface area (Å²) in [7, 11) is 1.87. The Hall–Kier alpha value is -2.89. The van der Waals surface area contributed by atoms with Crippen molar-refractivity contribution < 1.29 is 4.79 Å². The SMILES string of the molecule is Cc1cc(C)c(N2CCC(Nc3ccnc4c3cnn4C)C2=O)c(C)c1. The highest BCUT2D eigenvalue weighted by atomic mass is 16.2. The first kappa shape index (κ1) is 16.6. The summed E-state index contributed by atoms with van der Waals surface area (Å²) in [5.41, 5.74) is 6.28. The Balaban J connectivity index is 1.62. The summed E-state index contributed by atoms with van der Waals surface area (Å²) in [5.74, 6) is 0.119. The Morgan fingerprint density at radius 2 is 1.92 bits per heavy atom. The lowest BCUT2D eigenvalue weighted by Gasteiger charge is -2.22. The van der Waals surface area contributed by atoms with Gasteiger partial charge in [-0.3, -0.25) is 9.48 Å². The van der Waals surface area contributed by atoms with E-state index in [0.29, 0.717) is 0 Å². The van der Waals surface area contributed by atoms with Crippen molar-refractivity contribution in [3.05, 3.63) is 47.3 Å². The molecule has 0 bridgehead atoms. The lowest BCUT2D eigenvalue weighted by Crippen LogP contribution is -2.34. The van der Waals surface area contributed by atoms with Crippen molar-refractivity contribution >= 4 is 28.3 Å². The monoisotopic (exact) mass is 349 g/mol. The summed E-state index contributed by atoms with van der Waals surface area (Å²) in [4.78, 5) is 19.3. The molecule has 6 nitrogen and oxygen atoms in total. The Labute approximate surface area is 152 Å². The van der Waals surface area contributed by atoms with Crippen molar-refractivity contribution in [2.75, 3.05) is 16.8 Å². The van der Waals surface area contributed by atoms with Crippen molar-refractivity contribution in [2.24, 2.45) is 7.05 Å². The van der Waals surface area contributed by atoms with E-state index in [0.717, 1.165) is 46.5 Å². The zero-order valence-electron chi connectivity index (χ0n) is 15.6. The van der Waals surface area contributed by atoms with Gasteiger partial charge in [0.1, 0.15) is 6.04 Å². The lowest BCUT2D eigenvalue weighted by molar-refractivity contribution is -0.117. The van der Waals surface area contributed by atoms with Crippen LogP contribution in [0.3, 0.4) is 0 Å². The number of fused-ring (bicyclic) bond motifs is 1. The van der Waals surface area contributed by atoms with Gasteiger partial charge in [-0.05, 0) is 44.4 Å². The minimum Gasteiger partial charge on any atom is -0.373 e.